The molecule has 3 nitrogen and oxygen atoms in total. The van der Waals surface area contributed by atoms with Gasteiger partial charge in [0, 0.05) is 12.6 Å². The monoisotopic (exact) mass is 253 g/mol. The minimum Gasteiger partial charge on any atom is -0.508 e. The molecule has 4 heteroatoms. The molecule has 0 aliphatic heterocycles. The minimum absolute atomic E-state index is 0.0738. The predicted octanol–water partition coefficient (Wildman–Crippen LogP) is 3.06. The molecule has 1 aromatic carbocycles. The third kappa shape index (κ3) is 2.72. The van der Waals surface area contributed by atoms with Crippen molar-refractivity contribution in [3.8, 4) is 5.75 Å². The summed E-state index contributed by atoms with van der Waals surface area (Å²) in [6, 6.07) is 4.85. The Kier molecular flexibility index (Phi) is 3.57. The van der Waals surface area contributed by atoms with E-state index < -0.39 is 0 Å². The van der Waals surface area contributed by atoms with E-state index in [0.717, 1.165) is 25.8 Å². The molecule has 0 bridgehead atoms. The fourth-order valence-electron chi connectivity index (χ4n) is 1.91. The van der Waals surface area contributed by atoms with Crippen molar-refractivity contribution in [1.82, 2.24) is 4.90 Å². The molecule has 0 unspecified atom stereocenters. The normalized spacial score (nSPS) is 14.7. The van der Waals surface area contributed by atoms with Crippen molar-refractivity contribution in [2.45, 2.75) is 32.2 Å². The highest BCUT2D eigenvalue weighted by molar-refractivity contribution is 6.33. The van der Waals surface area contributed by atoms with Crippen LogP contribution in [0.5, 0.6) is 5.75 Å². The highest BCUT2D eigenvalue weighted by Crippen LogP contribution is 2.30. The molecule has 0 radical (unpaired) electrons. The fourth-order valence-corrected chi connectivity index (χ4v) is 2.11. The third-order valence-electron chi connectivity index (χ3n) is 2.89. The van der Waals surface area contributed by atoms with Gasteiger partial charge in [-0.2, -0.15) is 0 Å². The smallest absolute Gasteiger partial charge is 0.255 e. The first-order chi connectivity index (χ1) is 8.13. The van der Waals surface area contributed by atoms with E-state index in [0.29, 0.717) is 16.6 Å². The zero-order valence-corrected chi connectivity index (χ0v) is 10.6. The number of carbonyl (C=O) groups is 1. The maximum absolute atomic E-state index is 12.3. The molecule has 0 aromatic heterocycles. The van der Waals surface area contributed by atoms with Crippen LogP contribution in [-0.4, -0.2) is 28.5 Å². The van der Waals surface area contributed by atoms with Crippen LogP contribution in [0.4, 0.5) is 0 Å². The number of hydrogen-bond donors (Lipinski definition) is 1. The van der Waals surface area contributed by atoms with Gasteiger partial charge in [-0.1, -0.05) is 18.5 Å². The van der Waals surface area contributed by atoms with E-state index in [1.54, 1.807) is 6.07 Å². The van der Waals surface area contributed by atoms with Crippen LogP contribution < -0.4 is 0 Å². The highest BCUT2D eigenvalue weighted by Gasteiger charge is 2.33. The van der Waals surface area contributed by atoms with E-state index in [1.807, 2.05) is 11.8 Å². The van der Waals surface area contributed by atoms with Crippen LogP contribution in [0, 0.1) is 0 Å². The number of hydrogen-bond acceptors (Lipinski definition) is 2. The number of nitrogens with zero attached hydrogens (tertiary/aromatic N) is 1. The molecule has 17 heavy (non-hydrogen) atoms. The lowest BCUT2D eigenvalue weighted by Crippen LogP contribution is -2.33. The third-order valence-corrected chi connectivity index (χ3v) is 3.22. The van der Waals surface area contributed by atoms with E-state index in [1.165, 1.54) is 12.1 Å². The average molecular weight is 254 g/mol. The summed E-state index contributed by atoms with van der Waals surface area (Å²) in [7, 11) is 0. The second kappa shape index (κ2) is 4.96. The van der Waals surface area contributed by atoms with Gasteiger partial charge in [-0.05, 0) is 37.5 Å². The van der Waals surface area contributed by atoms with Crippen LogP contribution in [0.25, 0.3) is 0 Å². The van der Waals surface area contributed by atoms with E-state index in [9.17, 15) is 9.90 Å². The zero-order valence-electron chi connectivity index (χ0n) is 9.82. The average Bonchev–Trinajstić information content (AvgIpc) is 3.12. The second-order valence-corrected chi connectivity index (χ2v) is 4.80. The highest BCUT2D eigenvalue weighted by atomic mass is 35.5. The molecule has 1 aromatic rings. The molecule has 1 aliphatic rings. The molecule has 1 saturated carbocycles. The number of carbonyl (C=O) groups excluding carboxylic acids is 1. The predicted molar refractivity (Wildman–Crippen MR) is 67.5 cm³/mol. The van der Waals surface area contributed by atoms with E-state index in [-0.39, 0.29) is 11.7 Å². The van der Waals surface area contributed by atoms with Gasteiger partial charge in [0.25, 0.3) is 5.91 Å². The summed E-state index contributed by atoms with van der Waals surface area (Å²) in [4.78, 5) is 14.2. The molecule has 1 aliphatic carbocycles. The topological polar surface area (TPSA) is 40.5 Å². The Morgan fingerprint density at radius 3 is 2.82 bits per heavy atom. The first-order valence-corrected chi connectivity index (χ1v) is 6.30. The molecular formula is C13H16ClNO2. The zero-order chi connectivity index (χ0) is 12.4. The van der Waals surface area contributed by atoms with Crippen LogP contribution >= 0.6 is 11.6 Å². The van der Waals surface area contributed by atoms with Gasteiger partial charge in [0.15, 0.2) is 0 Å². The molecular weight excluding hydrogens is 238 g/mol. The lowest BCUT2D eigenvalue weighted by atomic mass is 10.1. The largest absolute Gasteiger partial charge is 0.508 e. The van der Waals surface area contributed by atoms with Crippen molar-refractivity contribution in [1.29, 1.82) is 0 Å². The van der Waals surface area contributed by atoms with Gasteiger partial charge >= 0.3 is 0 Å². The Balaban J connectivity index is 2.24. The van der Waals surface area contributed by atoms with Crippen molar-refractivity contribution >= 4 is 17.5 Å². The number of benzene rings is 1. The first kappa shape index (κ1) is 12.2. The summed E-state index contributed by atoms with van der Waals surface area (Å²) in [6.45, 7) is 2.79. The van der Waals surface area contributed by atoms with E-state index in [2.05, 4.69) is 0 Å². The SMILES string of the molecule is CCCN(C(=O)c1cc(O)ccc1Cl)C1CC1. The molecule has 0 saturated heterocycles. The lowest BCUT2D eigenvalue weighted by Gasteiger charge is -2.22. The molecule has 0 heterocycles. The van der Waals surface area contributed by atoms with Crippen LogP contribution in [0.2, 0.25) is 5.02 Å². The summed E-state index contributed by atoms with van der Waals surface area (Å²) >= 11 is 6.00. The maximum atomic E-state index is 12.3. The van der Waals surface area contributed by atoms with Crippen molar-refractivity contribution < 1.29 is 9.90 Å². The summed E-state index contributed by atoms with van der Waals surface area (Å²) < 4.78 is 0. The molecule has 2 rings (SSSR count). The molecule has 0 spiro atoms. The second-order valence-electron chi connectivity index (χ2n) is 4.39. The summed E-state index contributed by atoms with van der Waals surface area (Å²) in [6.07, 6.45) is 3.07. The Morgan fingerprint density at radius 2 is 2.24 bits per heavy atom. The number of amides is 1. The number of halogens is 1. The van der Waals surface area contributed by atoms with Gasteiger partial charge in [-0.15, -0.1) is 0 Å². The lowest BCUT2D eigenvalue weighted by molar-refractivity contribution is 0.0743. The van der Waals surface area contributed by atoms with E-state index >= 15 is 0 Å². The summed E-state index contributed by atoms with van der Waals surface area (Å²) in [5.74, 6) is 0.000227. The van der Waals surface area contributed by atoms with Gasteiger partial charge in [-0.25, -0.2) is 0 Å². The number of aromatic hydroxyl groups is 1. The summed E-state index contributed by atoms with van der Waals surface area (Å²) in [5.41, 5.74) is 0.395. The van der Waals surface area contributed by atoms with Crippen LogP contribution in [0.3, 0.4) is 0 Å². The summed E-state index contributed by atoms with van der Waals surface area (Å²) in [5, 5.41) is 9.82. The molecule has 1 fully saturated rings. The minimum atomic E-state index is -0.0738. The van der Waals surface area contributed by atoms with Crippen LogP contribution in [-0.2, 0) is 0 Å². The molecule has 92 valence electrons. The van der Waals surface area contributed by atoms with E-state index in [4.69, 9.17) is 11.6 Å². The van der Waals surface area contributed by atoms with Gasteiger partial charge in [0.2, 0.25) is 0 Å². The van der Waals surface area contributed by atoms with Gasteiger partial charge in [0.05, 0.1) is 10.6 Å². The van der Waals surface area contributed by atoms with Gasteiger partial charge < -0.3 is 10.0 Å². The van der Waals surface area contributed by atoms with Crippen molar-refractivity contribution in [3.63, 3.8) is 0 Å². The standard InChI is InChI=1S/C13H16ClNO2/c1-2-7-15(9-3-4-9)13(17)11-8-10(16)5-6-12(11)14/h5-6,8-9,16H,2-4,7H2,1H3. The molecule has 1 amide bonds. The molecule has 1 N–H and O–H groups in total. The van der Waals surface area contributed by atoms with Crippen LogP contribution in [0.15, 0.2) is 18.2 Å². The van der Waals surface area contributed by atoms with Crippen molar-refractivity contribution in [3.05, 3.63) is 28.8 Å². The fraction of sp³-hybridized carbons (Fsp3) is 0.462. The van der Waals surface area contributed by atoms with Crippen LogP contribution in [0.1, 0.15) is 36.5 Å². The number of phenols is 1. The quantitative estimate of drug-likeness (QED) is 0.896. The number of rotatable bonds is 4. The Labute approximate surface area is 106 Å². The van der Waals surface area contributed by atoms with Crippen molar-refractivity contribution in [2.75, 3.05) is 6.54 Å². The van der Waals surface area contributed by atoms with Gasteiger partial charge in [0.1, 0.15) is 5.75 Å². The maximum Gasteiger partial charge on any atom is 0.255 e. The Hall–Kier alpha value is -1.22. The Bertz CT molecular complexity index is 429. The van der Waals surface area contributed by atoms with Crippen molar-refractivity contribution in [2.24, 2.45) is 0 Å². The first-order valence-electron chi connectivity index (χ1n) is 5.93. The number of phenolic OH excluding ortho intramolecular Hbond substituents is 1. The molecule has 0 atom stereocenters. The Morgan fingerprint density at radius 1 is 1.53 bits per heavy atom. The van der Waals surface area contributed by atoms with Gasteiger partial charge in [-0.3, -0.25) is 4.79 Å².